The molecule has 3 atom stereocenters. The minimum atomic E-state index is -0.941. The first-order valence-corrected chi connectivity index (χ1v) is 9.17. The molecule has 3 unspecified atom stereocenters. The fourth-order valence-electron chi connectivity index (χ4n) is 3.79. The average molecular weight is 404 g/mol. The number of aliphatic carboxylic acids is 1. The molecule has 2 aromatic rings. The normalized spacial score (nSPS) is 22.5. The molecular weight excluding hydrogens is 389 g/mol. The third kappa shape index (κ3) is 3.29. The Morgan fingerprint density at radius 3 is 2.59 bits per heavy atom. The standard InChI is InChI=1S/C20H15Cl2NO4/c21-10-7-11(22)9-12(8-10)27-20(26)16-6-2-4-14-13-3-1-5-15(13)18(19(24)25)23-17(14)16/h1-4,6-9,13,15,18,23H,5H2,(H,24,25). The van der Waals surface area contributed by atoms with E-state index in [1.54, 1.807) is 12.1 Å². The Labute approximate surface area is 165 Å². The molecule has 2 N–H and O–H groups in total. The highest BCUT2D eigenvalue weighted by Gasteiger charge is 2.42. The molecule has 0 radical (unpaired) electrons. The minimum absolute atomic E-state index is 0.0456. The van der Waals surface area contributed by atoms with E-state index in [2.05, 4.69) is 5.32 Å². The van der Waals surface area contributed by atoms with Gasteiger partial charge in [0.05, 0.1) is 11.3 Å². The molecule has 0 amide bonds. The summed E-state index contributed by atoms with van der Waals surface area (Å²) in [6.45, 7) is 0. The van der Waals surface area contributed by atoms with Crippen LogP contribution in [0.15, 0.2) is 48.6 Å². The summed E-state index contributed by atoms with van der Waals surface area (Å²) in [6, 6.07) is 9.03. The quantitative estimate of drug-likeness (QED) is 0.439. The van der Waals surface area contributed by atoms with Gasteiger partial charge in [-0.3, -0.25) is 0 Å². The fourth-order valence-corrected chi connectivity index (χ4v) is 4.29. The Morgan fingerprint density at radius 2 is 1.89 bits per heavy atom. The first kappa shape index (κ1) is 17.9. The summed E-state index contributed by atoms with van der Waals surface area (Å²) in [5, 5.41) is 13.3. The van der Waals surface area contributed by atoms with Gasteiger partial charge in [-0.25, -0.2) is 9.59 Å². The van der Waals surface area contributed by atoms with Gasteiger partial charge >= 0.3 is 11.9 Å². The van der Waals surface area contributed by atoms with Crippen molar-refractivity contribution in [1.29, 1.82) is 0 Å². The second kappa shape index (κ2) is 6.91. The van der Waals surface area contributed by atoms with Crippen molar-refractivity contribution in [1.82, 2.24) is 0 Å². The number of para-hydroxylation sites is 1. The highest BCUT2D eigenvalue weighted by molar-refractivity contribution is 6.34. The van der Waals surface area contributed by atoms with Gasteiger partial charge < -0.3 is 15.2 Å². The lowest BCUT2D eigenvalue weighted by Gasteiger charge is -2.35. The monoisotopic (exact) mass is 403 g/mol. The number of carboxylic acid groups (broad SMARTS) is 1. The molecule has 2 aliphatic rings. The summed E-state index contributed by atoms with van der Waals surface area (Å²) in [4.78, 5) is 24.5. The van der Waals surface area contributed by atoms with Crippen LogP contribution in [-0.2, 0) is 4.79 Å². The molecule has 0 saturated heterocycles. The zero-order valence-electron chi connectivity index (χ0n) is 14.0. The maximum atomic E-state index is 12.8. The van der Waals surface area contributed by atoms with Crippen molar-refractivity contribution in [3.63, 3.8) is 0 Å². The Bertz CT molecular complexity index is 952. The van der Waals surface area contributed by atoms with Crippen LogP contribution < -0.4 is 10.1 Å². The molecule has 1 heterocycles. The van der Waals surface area contributed by atoms with Gasteiger partial charge in [-0.15, -0.1) is 0 Å². The Hall–Kier alpha value is -2.50. The van der Waals surface area contributed by atoms with Gasteiger partial charge in [0, 0.05) is 21.9 Å². The van der Waals surface area contributed by atoms with Gasteiger partial charge in [0.2, 0.25) is 0 Å². The van der Waals surface area contributed by atoms with Crippen molar-refractivity contribution in [2.75, 3.05) is 5.32 Å². The van der Waals surface area contributed by atoms with Gasteiger partial charge in [-0.2, -0.15) is 0 Å². The lowest BCUT2D eigenvalue weighted by atomic mass is 9.78. The van der Waals surface area contributed by atoms with Gasteiger partial charge in [0.1, 0.15) is 11.8 Å². The van der Waals surface area contributed by atoms with E-state index < -0.39 is 18.0 Å². The highest BCUT2D eigenvalue weighted by atomic mass is 35.5. The van der Waals surface area contributed by atoms with E-state index in [1.165, 1.54) is 18.2 Å². The number of ether oxygens (including phenoxy) is 1. The maximum absolute atomic E-state index is 12.8. The van der Waals surface area contributed by atoms with Crippen LogP contribution in [0.1, 0.15) is 28.3 Å². The van der Waals surface area contributed by atoms with E-state index in [-0.39, 0.29) is 23.1 Å². The molecule has 4 rings (SSSR count). The number of carboxylic acids is 1. The van der Waals surface area contributed by atoms with Crippen LogP contribution in [0.4, 0.5) is 5.69 Å². The minimum Gasteiger partial charge on any atom is -0.480 e. The van der Waals surface area contributed by atoms with Crippen LogP contribution in [0.2, 0.25) is 10.0 Å². The molecular formula is C20H15Cl2NO4. The molecule has 138 valence electrons. The molecule has 0 aromatic heterocycles. The molecule has 0 bridgehead atoms. The Morgan fingerprint density at radius 1 is 1.15 bits per heavy atom. The maximum Gasteiger partial charge on any atom is 0.345 e. The van der Waals surface area contributed by atoms with Gasteiger partial charge in [-0.1, -0.05) is 47.5 Å². The largest absolute Gasteiger partial charge is 0.480 e. The van der Waals surface area contributed by atoms with E-state index in [0.29, 0.717) is 22.2 Å². The van der Waals surface area contributed by atoms with E-state index in [1.807, 2.05) is 18.2 Å². The molecule has 5 nitrogen and oxygen atoms in total. The summed E-state index contributed by atoms with van der Waals surface area (Å²) in [5.74, 6) is -1.45. The number of nitrogens with one attached hydrogen (secondary N) is 1. The van der Waals surface area contributed by atoms with E-state index in [4.69, 9.17) is 27.9 Å². The lowest BCUT2D eigenvalue weighted by Crippen LogP contribution is -2.42. The summed E-state index contributed by atoms with van der Waals surface area (Å²) < 4.78 is 5.42. The summed E-state index contributed by atoms with van der Waals surface area (Å²) in [6.07, 6.45) is 4.68. The number of hydrogen-bond acceptors (Lipinski definition) is 4. The summed E-state index contributed by atoms with van der Waals surface area (Å²) in [5.41, 5.74) is 1.66. The van der Waals surface area contributed by atoms with E-state index >= 15 is 0 Å². The molecule has 27 heavy (non-hydrogen) atoms. The number of halogens is 2. The van der Waals surface area contributed by atoms with Gasteiger partial charge in [0.15, 0.2) is 0 Å². The third-order valence-electron chi connectivity index (χ3n) is 4.93. The summed E-state index contributed by atoms with van der Waals surface area (Å²) in [7, 11) is 0. The molecule has 0 spiro atoms. The predicted octanol–water partition coefficient (Wildman–Crippen LogP) is 4.75. The van der Waals surface area contributed by atoms with Crippen molar-refractivity contribution < 1.29 is 19.4 Å². The van der Waals surface area contributed by atoms with Crippen molar-refractivity contribution in [3.05, 3.63) is 69.7 Å². The van der Waals surface area contributed by atoms with Crippen LogP contribution in [0.3, 0.4) is 0 Å². The van der Waals surface area contributed by atoms with Crippen molar-refractivity contribution >= 4 is 40.8 Å². The van der Waals surface area contributed by atoms with Gasteiger partial charge in [0.25, 0.3) is 0 Å². The van der Waals surface area contributed by atoms with Gasteiger partial charge in [-0.05, 0) is 36.2 Å². The predicted molar refractivity (Wildman–Crippen MR) is 103 cm³/mol. The van der Waals surface area contributed by atoms with E-state index in [0.717, 1.165) is 5.56 Å². The third-order valence-corrected chi connectivity index (χ3v) is 5.37. The fraction of sp³-hybridized carbons (Fsp3) is 0.200. The number of fused-ring (bicyclic) bond motifs is 3. The first-order valence-electron chi connectivity index (χ1n) is 8.41. The number of benzene rings is 2. The van der Waals surface area contributed by atoms with Crippen LogP contribution in [0.25, 0.3) is 0 Å². The number of anilines is 1. The SMILES string of the molecule is O=C(Oc1cc(Cl)cc(Cl)c1)c1cccc2c1NC(C(=O)O)C1CC=CC21. The number of esters is 1. The van der Waals surface area contributed by atoms with Crippen LogP contribution >= 0.6 is 23.2 Å². The van der Waals surface area contributed by atoms with E-state index in [9.17, 15) is 14.7 Å². The highest BCUT2D eigenvalue weighted by Crippen LogP contribution is 2.45. The van der Waals surface area contributed by atoms with Crippen LogP contribution in [-0.4, -0.2) is 23.1 Å². The first-order chi connectivity index (χ1) is 12.9. The van der Waals surface area contributed by atoms with Crippen molar-refractivity contribution in [2.24, 2.45) is 5.92 Å². The van der Waals surface area contributed by atoms with Crippen molar-refractivity contribution in [2.45, 2.75) is 18.4 Å². The zero-order chi connectivity index (χ0) is 19.1. The lowest BCUT2D eigenvalue weighted by molar-refractivity contribution is -0.139. The number of carbonyl (C=O) groups excluding carboxylic acids is 1. The Balaban J connectivity index is 1.71. The molecule has 1 aliphatic carbocycles. The molecule has 0 saturated carbocycles. The Kier molecular flexibility index (Phi) is 4.58. The second-order valence-corrected chi connectivity index (χ2v) is 7.45. The number of hydrogen-bond donors (Lipinski definition) is 2. The van der Waals surface area contributed by atoms with Crippen LogP contribution in [0.5, 0.6) is 5.75 Å². The molecule has 1 aliphatic heterocycles. The summed E-state index contributed by atoms with van der Waals surface area (Å²) >= 11 is 11.9. The van der Waals surface area contributed by atoms with Crippen LogP contribution in [0, 0.1) is 5.92 Å². The topological polar surface area (TPSA) is 75.6 Å². The second-order valence-electron chi connectivity index (χ2n) is 6.58. The number of carbonyl (C=O) groups is 2. The molecule has 0 fully saturated rings. The van der Waals surface area contributed by atoms with Crippen molar-refractivity contribution in [3.8, 4) is 5.75 Å². The smallest absolute Gasteiger partial charge is 0.345 e. The number of rotatable bonds is 3. The molecule has 2 aromatic carbocycles. The zero-order valence-corrected chi connectivity index (χ0v) is 15.5. The number of allylic oxidation sites excluding steroid dienone is 2. The average Bonchev–Trinajstić information content (AvgIpc) is 3.09. The molecule has 7 heteroatoms.